The fourth-order valence-electron chi connectivity index (χ4n) is 1.52. The molecule has 1 aromatic carbocycles. The number of methoxy groups -OCH3 is 1. The predicted molar refractivity (Wildman–Crippen MR) is 59.7 cm³/mol. The van der Waals surface area contributed by atoms with Gasteiger partial charge in [-0.25, -0.2) is 0 Å². The Morgan fingerprint density at radius 2 is 2.13 bits per heavy atom. The highest BCUT2D eigenvalue weighted by molar-refractivity contribution is 5.38. The van der Waals surface area contributed by atoms with Crippen molar-refractivity contribution >= 4 is 0 Å². The Labute approximate surface area is 90.9 Å². The van der Waals surface area contributed by atoms with Crippen LogP contribution in [0.1, 0.15) is 11.1 Å². The van der Waals surface area contributed by atoms with Crippen LogP contribution in [0.25, 0.3) is 0 Å². The van der Waals surface area contributed by atoms with Crippen LogP contribution in [0, 0.1) is 11.3 Å². The predicted octanol–water partition coefficient (Wildman–Crippen LogP) is 1.82. The van der Waals surface area contributed by atoms with E-state index in [2.05, 4.69) is 11.0 Å². The molecule has 80 valence electrons. The number of nitriles is 1. The summed E-state index contributed by atoms with van der Waals surface area (Å²) in [4.78, 5) is 2.10. The summed E-state index contributed by atoms with van der Waals surface area (Å²) in [6, 6.07) is 8.13. The molecule has 0 heterocycles. The maximum absolute atomic E-state index is 8.70. The van der Waals surface area contributed by atoms with E-state index in [4.69, 9.17) is 10.00 Å². The van der Waals surface area contributed by atoms with E-state index >= 15 is 0 Å². The van der Waals surface area contributed by atoms with Crippen LogP contribution in [0.2, 0.25) is 0 Å². The van der Waals surface area contributed by atoms with Gasteiger partial charge < -0.3 is 9.64 Å². The lowest BCUT2D eigenvalue weighted by atomic mass is 10.1. The fourth-order valence-corrected chi connectivity index (χ4v) is 1.52. The Balaban J connectivity index is 2.95. The Morgan fingerprint density at radius 3 is 2.67 bits per heavy atom. The van der Waals surface area contributed by atoms with Crippen molar-refractivity contribution in [3.63, 3.8) is 0 Å². The van der Waals surface area contributed by atoms with Gasteiger partial charge in [0, 0.05) is 12.1 Å². The highest BCUT2D eigenvalue weighted by Gasteiger charge is 2.04. The van der Waals surface area contributed by atoms with Crippen LogP contribution >= 0.6 is 0 Å². The van der Waals surface area contributed by atoms with E-state index in [0.717, 1.165) is 17.9 Å². The first-order valence-electron chi connectivity index (χ1n) is 4.85. The normalized spacial score (nSPS) is 10.1. The van der Waals surface area contributed by atoms with E-state index in [9.17, 15) is 0 Å². The quantitative estimate of drug-likeness (QED) is 0.750. The molecule has 0 atom stereocenters. The molecular weight excluding hydrogens is 188 g/mol. The minimum atomic E-state index is 0.393. The first kappa shape index (κ1) is 11.5. The Kier molecular flexibility index (Phi) is 4.14. The van der Waals surface area contributed by atoms with Crippen molar-refractivity contribution in [1.29, 1.82) is 5.26 Å². The van der Waals surface area contributed by atoms with Gasteiger partial charge in [0.15, 0.2) is 0 Å². The van der Waals surface area contributed by atoms with Gasteiger partial charge in [-0.1, -0.05) is 6.07 Å². The third-order valence-corrected chi connectivity index (χ3v) is 2.11. The number of rotatable bonds is 4. The number of nitrogens with zero attached hydrogens (tertiary/aromatic N) is 2. The van der Waals surface area contributed by atoms with Gasteiger partial charge in [0.1, 0.15) is 5.75 Å². The highest BCUT2D eigenvalue weighted by atomic mass is 16.5. The zero-order chi connectivity index (χ0) is 11.3. The number of hydrogen-bond donors (Lipinski definition) is 0. The van der Waals surface area contributed by atoms with Gasteiger partial charge >= 0.3 is 0 Å². The number of benzene rings is 1. The van der Waals surface area contributed by atoms with Crippen molar-refractivity contribution in [3.05, 3.63) is 29.3 Å². The van der Waals surface area contributed by atoms with Crippen molar-refractivity contribution < 1.29 is 4.74 Å². The van der Waals surface area contributed by atoms with Crippen molar-refractivity contribution in [3.8, 4) is 11.8 Å². The van der Waals surface area contributed by atoms with Crippen molar-refractivity contribution in [2.45, 2.75) is 13.0 Å². The topological polar surface area (TPSA) is 36.3 Å². The largest absolute Gasteiger partial charge is 0.496 e. The van der Waals surface area contributed by atoms with Gasteiger partial charge in [-0.05, 0) is 31.8 Å². The second-order valence-corrected chi connectivity index (χ2v) is 3.72. The summed E-state index contributed by atoms with van der Waals surface area (Å²) in [5.41, 5.74) is 2.16. The van der Waals surface area contributed by atoms with Crippen LogP contribution in [-0.4, -0.2) is 26.1 Å². The van der Waals surface area contributed by atoms with Crippen molar-refractivity contribution in [2.24, 2.45) is 0 Å². The molecule has 0 unspecified atom stereocenters. The number of hydrogen-bond acceptors (Lipinski definition) is 3. The SMILES string of the molecule is COc1ccc(CN(C)C)cc1CC#N. The maximum Gasteiger partial charge on any atom is 0.123 e. The van der Waals surface area contributed by atoms with Gasteiger partial charge in [0.25, 0.3) is 0 Å². The van der Waals surface area contributed by atoms with E-state index in [1.807, 2.05) is 32.3 Å². The van der Waals surface area contributed by atoms with Crippen LogP contribution < -0.4 is 4.74 Å². The Bertz CT molecular complexity index is 366. The molecule has 0 aliphatic rings. The summed E-state index contributed by atoms with van der Waals surface area (Å²) in [6.45, 7) is 0.877. The molecule has 0 saturated heterocycles. The summed E-state index contributed by atoms with van der Waals surface area (Å²) in [5.74, 6) is 0.791. The molecule has 0 saturated carbocycles. The van der Waals surface area contributed by atoms with E-state index in [0.29, 0.717) is 6.42 Å². The van der Waals surface area contributed by atoms with Crippen LogP contribution in [0.4, 0.5) is 0 Å². The molecule has 0 spiro atoms. The van der Waals surface area contributed by atoms with Crippen molar-refractivity contribution in [2.75, 3.05) is 21.2 Å². The first-order valence-corrected chi connectivity index (χ1v) is 4.85. The zero-order valence-electron chi connectivity index (χ0n) is 9.45. The molecular formula is C12H16N2O. The van der Waals surface area contributed by atoms with Crippen LogP contribution in [0.15, 0.2) is 18.2 Å². The van der Waals surface area contributed by atoms with E-state index in [-0.39, 0.29) is 0 Å². The lowest BCUT2D eigenvalue weighted by Crippen LogP contribution is -2.10. The summed E-state index contributed by atoms with van der Waals surface area (Å²) in [5, 5.41) is 8.70. The summed E-state index contributed by atoms with van der Waals surface area (Å²) >= 11 is 0. The molecule has 1 aromatic rings. The minimum Gasteiger partial charge on any atom is -0.496 e. The maximum atomic E-state index is 8.70. The standard InChI is InChI=1S/C12H16N2O/c1-14(2)9-10-4-5-12(15-3)11(8-10)6-7-13/h4-5,8H,6,9H2,1-3H3. The first-order chi connectivity index (χ1) is 7.17. The monoisotopic (exact) mass is 204 g/mol. The van der Waals surface area contributed by atoms with Crippen molar-refractivity contribution in [1.82, 2.24) is 4.90 Å². The van der Waals surface area contributed by atoms with Gasteiger partial charge in [-0.2, -0.15) is 5.26 Å². The molecule has 0 radical (unpaired) electrons. The van der Waals surface area contributed by atoms with Crippen LogP contribution in [-0.2, 0) is 13.0 Å². The highest BCUT2D eigenvalue weighted by Crippen LogP contribution is 2.20. The molecule has 0 aliphatic heterocycles. The minimum absolute atomic E-state index is 0.393. The average Bonchev–Trinajstić information content (AvgIpc) is 2.18. The lowest BCUT2D eigenvalue weighted by molar-refractivity contribution is 0.398. The molecule has 0 N–H and O–H groups in total. The summed E-state index contributed by atoms with van der Waals surface area (Å²) < 4.78 is 5.19. The average molecular weight is 204 g/mol. The van der Waals surface area contributed by atoms with E-state index in [1.54, 1.807) is 7.11 Å². The van der Waals surface area contributed by atoms with Gasteiger partial charge in [-0.15, -0.1) is 0 Å². The Hall–Kier alpha value is -1.53. The zero-order valence-corrected chi connectivity index (χ0v) is 9.45. The molecule has 0 aliphatic carbocycles. The molecule has 3 nitrogen and oxygen atoms in total. The second-order valence-electron chi connectivity index (χ2n) is 3.72. The molecule has 0 bridgehead atoms. The molecule has 0 aromatic heterocycles. The van der Waals surface area contributed by atoms with E-state index < -0.39 is 0 Å². The van der Waals surface area contributed by atoms with Crippen LogP contribution in [0.3, 0.4) is 0 Å². The Morgan fingerprint density at radius 1 is 1.40 bits per heavy atom. The smallest absolute Gasteiger partial charge is 0.123 e. The fraction of sp³-hybridized carbons (Fsp3) is 0.417. The lowest BCUT2D eigenvalue weighted by Gasteiger charge is -2.12. The third kappa shape index (κ3) is 3.26. The van der Waals surface area contributed by atoms with Gasteiger partial charge in [0.05, 0.1) is 19.6 Å². The van der Waals surface area contributed by atoms with Gasteiger partial charge in [0.2, 0.25) is 0 Å². The molecule has 1 rings (SSSR count). The second kappa shape index (κ2) is 5.38. The third-order valence-electron chi connectivity index (χ3n) is 2.11. The molecule has 0 fully saturated rings. The van der Waals surface area contributed by atoms with Crippen LogP contribution in [0.5, 0.6) is 5.75 Å². The summed E-state index contributed by atoms with van der Waals surface area (Å²) in [7, 11) is 5.67. The van der Waals surface area contributed by atoms with Gasteiger partial charge in [-0.3, -0.25) is 0 Å². The molecule has 3 heteroatoms. The molecule has 0 amide bonds. The summed E-state index contributed by atoms with van der Waals surface area (Å²) in [6.07, 6.45) is 0.393. The molecule has 15 heavy (non-hydrogen) atoms. The van der Waals surface area contributed by atoms with E-state index in [1.165, 1.54) is 5.56 Å². The number of ether oxygens (including phenoxy) is 1.